The minimum absolute atomic E-state index is 0.0517. The maximum Gasteiger partial charge on any atom is 0.253 e. The van der Waals surface area contributed by atoms with Crippen molar-refractivity contribution < 1.29 is 14.3 Å². The summed E-state index contributed by atoms with van der Waals surface area (Å²) in [5, 5.41) is 16.9. The molecule has 1 fully saturated rings. The second-order valence-electron chi connectivity index (χ2n) is 7.59. The molecule has 0 aliphatic heterocycles. The molecule has 0 spiro atoms. The van der Waals surface area contributed by atoms with Crippen molar-refractivity contribution >= 4 is 22.5 Å². The zero-order valence-electron chi connectivity index (χ0n) is 15.3. The van der Waals surface area contributed by atoms with Crippen molar-refractivity contribution in [2.75, 3.05) is 0 Å². The normalized spacial score (nSPS) is 20.1. The van der Waals surface area contributed by atoms with E-state index in [1.54, 1.807) is 6.07 Å². The van der Waals surface area contributed by atoms with Crippen LogP contribution in [0, 0.1) is 11.7 Å². The molecule has 1 amide bonds. The Morgan fingerprint density at radius 1 is 1.33 bits per heavy atom. The summed E-state index contributed by atoms with van der Waals surface area (Å²) in [7, 11) is 0. The van der Waals surface area contributed by atoms with Gasteiger partial charge >= 0.3 is 0 Å². The van der Waals surface area contributed by atoms with E-state index in [9.17, 15) is 14.3 Å². The zero-order chi connectivity index (χ0) is 19.6. The molecule has 1 heterocycles. The molecule has 1 saturated carbocycles. The van der Waals surface area contributed by atoms with Crippen LogP contribution in [0.15, 0.2) is 29.5 Å². The average molecular weight is 371 g/mol. The molecule has 0 bridgehead atoms. The Hall–Kier alpha value is -2.70. The molecule has 27 heavy (non-hydrogen) atoms. The fourth-order valence-corrected chi connectivity index (χ4v) is 3.60. The summed E-state index contributed by atoms with van der Waals surface area (Å²) in [4.78, 5) is 19.3. The molecule has 1 aromatic heterocycles. The van der Waals surface area contributed by atoms with E-state index >= 15 is 0 Å². The first-order valence-corrected chi connectivity index (χ1v) is 8.95. The smallest absolute Gasteiger partial charge is 0.253 e. The highest BCUT2D eigenvalue weighted by Gasteiger charge is 2.31. The number of carbonyl (C=O) groups is 1. The highest BCUT2D eigenvalue weighted by Crippen LogP contribution is 2.32. The molecule has 0 unspecified atom stereocenters. The molecule has 1 aliphatic rings. The Morgan fingerprint density at radius 2 is 2.04 bits per heavy atom. The van der Waals surface area contributed by atoms with Crippen LogP contribution in [0.3, 0.4) is 0 Å². The predicted octanol–water partition coefficient (Wildman–Crippen LogP) is 4.38. The summed E-state index contributed by atoms with van der Waals surface area (Å²) < 4.78 is 13.9. The molecule has 142 valence electrons. The number of fused-ring (bicyclic) bond motifs is 1. The number of carbonyl (C=O) groups excluding carboxylic acids is 1. The lowest BCUT2D eigenvalue weighted by Gasteiger charge is -2.36. The van der Waals surface area contributed by atoms with E-state index in [0.717, 1.165) is 25.7 Å². The molecular formula is C19H22FN5O2. The topological polar surface area (TPSA) is 111 Å². The number of nitrogens with zero attached hydrogens (tertiary/aromatic N) is 4. The number of hydrogen-bond donors (Lipinski definition) is 2. The standard InChI is InChI=1S/C19H22FN5O2/c1-19(2,27)13-3-5-14(6-4-13)23-18(26)12-7-11-8-15(20)17(24-25-21)9-16(11)22-10-12/h7-10,13-14,27H,3-6H2,1-2H3,(H,23,26)/t13-,14-. The van der Waals surface area contributed by atoms with Gasteiger partial charge in [0.25, 0.3) is 5.91 Å². The van der Waals surface area contributed by atoms with Gasteiger partial charge in [-0.2, -0.15) is 0 Å². The van der Waals surface area contributed by atoms with Gasteiger partial charge in [0.05, 0.1) is 22.4 Å². The summed E-state index contributed by atoms with van der Waals surface area (Å²) in [6.07, 6.45) is 4.77. The Balaban J connectivity index is 1.71. The van der Waals surface area contributed by atoms with Crippen LogP contribution in [-0.2, 0) is 0 Å². The van der Waals surface area contributed by atoms with E-state index in [1.165, 1.54) is 18.3 Å². The fourth-order valence-electron chi connectivity index (χ4n) is 3.60. The third-order valence-corrected chi connectivity index (χ3v) is 5.23. The SMILES string of the molecule is CC(C)(O)[C@H]1CC[C@H](NC(=O)c2cnc3cc(N=[N+]=[N-])c(F)cc3c2)CC1. The Kier molecular flexibility index (Phi) is 5.30. The summed E-state index contributed by atoms with van der Waals surface area (Å²) in [6, 6.07) is 4.18. The number of azide groups is 1. The lowest BCUT2D eigenvalue weighted by atomic mass is 9.77. The highest BCUT2D eigenvalue weighted by atomic mass is 19.1. The number of pyridine rings is 1. The van der Waals surface area contributed by atoms with E-state index in [2.05, 4.69) is 20.3 Å². The molecule has 8 heteroatoms. The number of nitrogens with one attached hydrogen (secondary N) is 1. The molecule has 0 radical (unpaired) electrons. The molecule has 7 nitrogen and oxygen atoms in total. The quantitative estimate of drug-likeness (QED) is 0.473. The van der Waals surface area contributed by atoms with Gasteiger partial charge in [-0.15, -0.1) is 0 Å². The minimum atomic E-state index is -0.699. The minimum Gasteiger partial charge on any atom is -0.390 e. The number of benzene rings is 1. The average Bonchev–Trinajstić information content (AvgIpc) is 2.62. The van der Waals surface area contributed by atoms with Crippen molar-refractivity contribution in [1.29, 1.82) is 0 Å². The number of aromatic nitrogens is 1. The Morgan fingerprint density at radius 3 is 2.67 bits per heavy atom. The lowest BCUT2D eigenvalue weighted by Crippen LogP contribution is -2.41. The number of aliphatic hydroxyl groups is 1. The van der Waals surface area contributed by atoms with Gasteiger partial charge in [0.15, 0.2) is 0 Å². The summed E-state index contributed by atoms with van der Waals surface area (Å²) in [6.45, 7) is 3.65. The van der Waals surface area contributed by atoms with Crippen LogP contribution in [0.2, 0.25) is 0 Å². The van der Waals surface area contributed by atoms with Gasteiger partial charge in [-0.25, -0.2) is 4.39 Å². The number of rotatable bonds is 4. The number of hydrogen-bond acceptors (Lipinski definition) is 4. The zero-order valence-corrected chi connectivity index (χ0v) is 15.3. The molecule has 3 rings (SSSR count). The van der Waals surface area contributed by atoms with Gasteiger partial charge in [0, 0.05) is 22.5 Å². The van der Waals surface area contributed by atoms with Crippen LogP contribution >= 0.6 is 0 Å². The first-order chi connectivity index (χ1) is 12.8. The largest absolute Gasteiger partial charge is 0.390 e. The summed E-state index contributed by atoms with van der Waals surface area (Å²) >= 11 is 0. The first-order valence-electron chi connectivity index (χ1n) is 8.95. The van der Waals surface area contributed by atoms with Gasteiger partial charge in [0.2, 0.25) is 0 Å². The van der Waals surface area contributed by atoms with E-state index in [4.69, 9.17) is 5.53 Å². The maximum atomic E-state index is 13.9. The van der Waals surface area contributed by atoms with Gasteiger partial charge in [0.1, 0.15) is 5.82 Å². The van der Waals surface area contributed by atoms with Gasteiger partial charge in [-0.05, 0) is 69.2 Å². The van der Waals surface area contributed by atoms with Crippen LogP contribution in [0.5, 0.6) is 0 Å². The van der Waals surface area contributed by atoms with Gasteiger partial charge in [-0.1, -0.05) is 5.11 Å². The van der Waals surface area contributed by atoms with Crippen LogP contribution in [0.25, 0.3) is 21.3 Å². The Labute approximate surface area is 156 Å². The molecule has 2 aromatic rings. The van der Waals surface area contributed by atoms with Crippen LogP contribution in [0.1, 0.15) is 49.9 Å². The number of halogens is 1. The van der Waals surface area contributed by atoms with Crippen LogP contribution in [-0.4, -0.2) is 27.6 Å². The van der Waals surface area contributed by atoms with Crippen molar-refractivity contribution in [2.24, 2.45) is 11.0 Å². The van der Waals surface area contributed by atoms with Crippen molar-refractivity contribution in [3.8, 4) is 0 Å². The lowest BCUT2D eigenvalue weighted by molar-refractivity contribution is -0.00257. The first kappa shape index (κ1) is 19.1. The summed E-state index contributed by atoms with van der Waals surface area (Å²) in [5.41, 5.74) is 8.42. The van der Waals surface area contributed by atoms with Crippen molar-refractivity contribution in [2.45, 2.75) is 51.2 Å². The van der Waals surface area contributed by atoms with Crippen molar-refractivity contribution in [1.82, 2.24) is 10.3 Å². The van der Waals surface area contributed by atoms with Crippen LogP contribution in [0.4, 0.5) is 10.1 Å². The maximum absolute atomic E-state index is 13.9. The molecular weight excluding hydrogens is 349 g/mol. The molecule has 1 aliphatic carbocycles. The second kappa shape index (κ2) is 7.50. The fraction of sp³-hybridized carbons (Fsp3) is 0.474. The molecule has 2 N–H and O–H groups in total. The predicted molar refractivity (Wildman–Crippen MR) is 100 cm³/mol. The monoisotopic (exact) mass is 371 g/mol. The van der Waals surface area contributed by atoms with Crippen molar-refractivity contribution in [3.63, 3.8) is 0 Å². The highest BCUT2D eigenvalue weighted by molar-refractivity contribution is 5.97. The number of amides is 1. The van der Waals surface area contributed by atoms with E-state index in [0.29, 0.717) is 16.5 Å². The third kappa shape index (κ3) is 4.35. The summed E-state index contributed by atoms with van der Waals surface area (Å²) in [5.74, 6) is -0.679. The molecule has 0 saturated heterocycles. The molecule has 0 atom stereocenters. The van der Waals surface area contributed by atoms with Crippen molar-refractivity contribution in [3.05, 3.63) is 46.2 Å². The van der Waals surface area contributed by atoms with E-state index in [1.807, 2.05) is 13.8 Å². The third-order valence-electron chi connectivity index (χ3n) is 5.23. The van der Waals surface area contributed by atoms with Crippen LogP contribution < -0.4 is 5.32 Å². The molecule has 1 aromatic carbocycles. The van der Waals surface area contributed by atoms with E-state index in [-0.39, 0.29) is 23.6 Å². The second-order valence-corrected chi connectivity index (χ2v) is 7.59. The Bertz CT molecular complexity index is 910. The van der Waals surface area contributed by atoms with Gasteiger partial charge in [-0.3, -0.25) is 9.78 Å². The van der Waals surface area contributed by atoms with E-state index < -0.39 is 11.4 Å². The van der Waals surface area contributed by atoms with Gasteiger partial charge < -0.3 is 10.4 Å².